The third kappa shape index (κ3) is 7.05. The average Bonchev–Trinajstić information content (AvgIpc) is 2.92. The summed E-state index contributed by atoms with van der Waals surface area (Å²) in [5.41, 5.74) is 10.4. The fourth-order valence-corrected chi connectivity index (χ4v) is 6.81. The molecule has 0 spiro atoms. The number of hydrogen-bond acceptors (Lipinski definition) is 8. The van der Waals surface area contributed by atoms with E-state index in [1.165, 1.54) is 17.2 Å². The largest absolute Gasteiger partial charge is 0.493 e. The maximum atomic E-state index is 13.1. The van der Waals surface area contributed by atoms with Crippen LogP contribution >= 0.6 is 0 Å². The van der Waals surface area contributed by atoms with Crippen LogP contribution in [0, 0.1) is 24.7 Å². The van der Waals surface area contributed by atoms with E-state index in [1.54, 1.807) is 26.4 Å². The normalized spacial score (nSPS) is 22.4. The number of esters is 1. The highest BCUT2D eigenvalue weighted by Gasteiger charge is 2.42. The maximum Gasteiger partial charge on any atom is 0.323 e. The zero-order valence-electron chi connectivity index (χ0n) is 24.9. The monoisotopic (exact) mass is 588 g/mol. The van der Waals surface area contributed by atoms with E-state index in [0.29, 0.717) is 24.3 Å². The summed E-state index contributed by atoms with van der Waals surface area (Å²) < 4.78 is 50.3. The van der Waals surface area contributed by atoms with E-state index < -0.39 is 16.2 Å². The van der Waals surface area contributed by atoms with Crippen molar-refractivity contribution in [3.8, 4) is 11.5 Å². The fourth-order valence-electron chi connectivity index (χ4n) is 6.28. The standard InChI is InChI=1S/C31H44N2O7S/c1-18(2)30(32)31(34)40-27-16-26-25-15-29(39-6)28(38-5)14-21(25)9-10-33(26)17-23(27)12-19(3)11-22-13-24(41(35,36)37)8-7-20(22)4/h7-8,13-15,18-19,23,26-27,30H,9-12,16-17,32H2,1-6H3,(H,35,36,37)/t19?,23-,26-,27-,30+/m1/s1. The minimum absolute atomic E-state index is 0.0369. The van der Waals surface area contributed by atoms with Gasteiger partial charge < -0.3 is 19.9 Å². The van der Waals surface area contributed by atoms with Crippen molar-refractivity contribution >= 4 is 16.1 Å². The Bertz CT molecular complexity index is 1360. The van der Waals surface area contributed by atoms with Crippen LogP contribution in [0.15, 0.2) is 35.2 Å². The molecule has 3 N–H and O–H groups in total. The second-order valence-electron chi connectivity index (χ2n) is 12.0. The molecule has 2 aromatic rings. The summed E-state index contributed by atoms with van der Waals surface area (Å²) in [6.07, 6.45) is 2.64. The molecule has 1 saturated heterocycles. The van der Waals surface area contributed by atoms with Gasteiger partial charge in [-0.15, -0.1) is 0 Å². The number of methoxy groups -OCH3 is 2. The number of fused-ring (bicyclic) bond motifs is 3. The van der Waals surface area contributed by atoms with E-state index in [2.05, 4.69) is 24.0 Å². The van der Waals surface area contributed by atoms with Crippen molar-refractivity contribution in [3.63, 3.8) is 0 Å². The molecule has 5 atom stereocenters. The van der Waals surface area contributed by atoms with Gasteiger partial charge in [-0.1, -0.05) is 26.8 Å². The highest BCUT2D eigenvalue weighted by Crippen LogP contribution is 2.44. The van der Waals surface area contributed by atoms with Crippen molar-refractivity contribution in [3.05, 3.63) is 52.6 Å². The van der Waals surface area contributed by atoms with Crippen LogP contribution in [0.5, 0.6) is 11.5 Å². The van der Waals surface area contributed by atoms with E-state index >= 15 is 0 Å². The van der Waals surface area contributed by atoms with Crippen LogP contribution in [0.3, 0.4) is 0 Å². The first-order chi connectivity index (χ1) is 19.3. The van der Waals surface area contributed by atoms with Crippen LogP contribution < -0.4 is 15.2 Å². The molecule has 0 radical (unpaired) electrons. The summed E-state index contributed by atoms with van der Waals surface area (Å²) >= 11 is 0. The van der Waals surface area contributed by atoms with Gasteiger partial charge in [-0.25, -0.2) is 0 Å². The molecule has 226 valence electrons. The second kappa shape index (κ2) is 12.7. The number of nitrogens with two attached hydrogens (primary N) is 1. The van der Waals surface area contributed by atoms with Crippen LogP contribution in [0.25, 0.3) is 0 Å². The number of carbonyl (C=O) groups is 1. The number of hydrogen-bond donors (Lipinski definition) is 2. The van der Waals surface area contributed by atoms with Gasteiger partial charge in [0, 0.05) is 31.5 Å². The minimum Gasteiger partial charge on any atom is -0.493 e. The van der Waals surface area contributed by atoms with Gasteiger partial charge in [0.25, 0.3) is 10.1 Å². The van der Waals surface area contributed by atoms with E-state index in [1.807, 2.05) is 20.8 Å². The quantitative estimate of drug-likeness (QED) is 0.308. The molecule has 0 saturated carbocycles. The molecule has 2 heterocycles. The third-order valence-electron chi connectivity index (χ3n) is 8.71. The van der Waals surface area contributed by atoms with E-state index in [9.17, 15) is 17.8 Å². The molecule has 10 heteroatoms. The van der Waals surface area contributed by atoms with E-state index in [-0.39, 0.29) is 40.8 Å². The van der Waals surface area contributed by atoms with Crippen molar-refractivity contribution in [2.24, 2.45) is 23.5 Å². The van der Waals surface area contributed by atoms with Crippen LogP contribution in [0.4, 0.5) is 0 Å². The maximum absolute atomic E-state index is 13.1. The summed E-state index contributed by atoms with van der Waals surface area (Å²) in [5.74, 6) is 1.23. The third-order valence-corrected chi connectivity index (χ3v) is 9.56. The lowest BCUT2D eigenvalue weighted by molar-refractivity contribution is -0.160. The van der Waals surface area contributed by atoms with Gasteiger partial charge in [-0.2, -0.15) is 8.42 Å². The number of benzene rings is 2. The van der Waals surface area contributed by atoms with Crippen LogP contribution in [-0.2, 0) is 32.5 Å². The molecule has 4 rings (SSSR count). The van der Waals surface area contributed by atoms with Gasteiger partial charge in [0.15, 0.2) is 11.5 Å². The summed E-state index contributed by atoms with van der Waals surface area (Å²) in [7, 11) is -1.01. The van der Waals surface area contributed by atoms with Crippen molar-refractivity contribution in [2.45, 2.75) is 76.5 Å². The SMILES string of the molecule is COc1cc2c(cc1OC)[C@H]1C[C@@H](OC(=O)[C@@H](N)C(C)C)[C@H](CC(C)Cc3cc(S(=O)(=O)O)ccc3C)CN1CC2. The highest BCUT2D eigenvalue weighted by molar-refractivity contribution is 7.85. The van der Waals surface area contributed by atoms with Gasteiger partial charge in [0.2, 0.25) is 0 Å². The molecule has 41 heavy (non-hydrogen) atoms. The topological polar surface area (TPSA) is 128 Å². The molecule has 0 bridgehead atoms. The molecular formula is C31H44N2O7S. The Kier molecular flexibility index (Phi) is 9.68. The molecule has 0 aromatic heterocycles. The van der Waals surface area contributed by atoms with Gasteiger partial charge in [0.05, 0.1) is 19.1 Å². The fraction of sp³-hybridized carbons (Fsp3) is 0.581. The first kappa shape index (κ1) is 31.3. The molecular weight excluding hydrogens is 544 g/mol. The molecule has 9 nitrogen and oxygen atoms in total. The summed E-state index contributed by atoms with van der Waals surface area (Å²) in [6.45, 7) is 9.55. The first-order valence-corrected chi connectivity index (χ1v) is 15.8. The smallest absolute Gasteiger partial charge is 0.323 e. The number of nitrogens with zero attached hydrogens (tertiary/aromatic N) is 1. The average molecular weight is 589 g/mol. The van der Waals surface area contributed by atoms with Crippen molar-refractivity contribution in [1.29, 1.82) is 0 Å². The number of rotatable bonds is 10. The molecule has 2 aromatic carbocycles. The summed E-state index contributed by atoms with van der Waals surface area (Å²) in [5, 5.41) is 0. The Morgan fingerprint density at radius 1 is 1.12 bits per heavy atom. The van der Waals surface area contributed by atoms with Crippen LogP contribution in [-0.4, -0.2) is 63.3 Å². The molecule has 1 fully saturated rings. The predicted molar refractivity (Wildman–Crippen MR) is 157 cm³/mol. The lowest BCUT2D eigenvalue weighted by atomic mass is 9.77. The van der Waals surface area contributed by atoms with E-state index in [0.717, 1.165) is 37.1 Å². The molecule has 2 aliphatic heterocycles. The lowest BCUT2D eigenvalue weighted by Gasteiger charge is -2.47. The van der Waals surface area contributed by atoms with Gasteiger partial charge >= 0.3 is 5.97 Å². The Hall–Kier alpha value is -2.66. The van der Waals surface area contributed by atoms with Gasteiger partial charge in [0.1, 0.15) is 12.1 Å². The number of piperidine rings is 1. The molecule has 2 aliphatic rings. The Balaban J connectivity index is 1.59. The molecule has 1 unspecified atom stereocenters. The first-order valence-electron chi connectivity index (χ1n) is 14.3. The number of carbonyl (C=O) groups excluding carboxylic acids is 1. The zero-order valence-corrected chi connectivity index (χ0v) is 25.7. The second-order valence-corrected chi connectivity index (χ2v) is 13.4. The summed E-state index contributed by atoms with van der Waals surface area (Å²) in [6, 6.07) is 8.19. The van der Waals surface area contributed by atoms with Crippen LogP contribution in [0.2, 0.25) is 0 Å². The van der Waals surface area contributed by atoms with E-state index in [4.69, 9.17) is 19.9 Å². The molecule has 0 aliphatic carbocycles. The van der Waals surface area contributed by atoms with Crippen molar-refractivity contribution in [1.82, 2.24) is 4.90 Å². The zero-order chi connectivity index (χ0) is 30.1. The predicted octanol–water partition coefficient (Wildman–Crippen LogP) is 4.34. The molecule has 0 amide bonds. The van der Waals surface area contributed by atoms with Gasteiger partial charge in [-0.3, -0.25) is 14.2 Å². The minimum atomic E-state index is -4.28. The Labute approximate surface area is 244 Å². The van der Waals surface area contributed by atoms with Crippen LogP contribution in [0.1, 0.15) is 61.9 Å². The Morgan fingerprint density at radius 3 is 2.44 bits per heavy atom. The lowest BCUT2D eigenvalue weighted by Crippen LogP contribution is -2.51. The summed E-state index contributed by atoms with van der Waals surface area (Å²) in [4.78, 5) is 15.4. The Morgan fingerprint density at radius 2 is 1.80 bits per heavy atom. The van der Waals surface area contributed by atoms with Crippen molar-refractivity contribution < 1.29 is 32.0 Å². The number of aryl methyl sites for hydroxylation is 1. The van der Waals surface area contributed by atoms with Gasteiger partial charge in [-0.05, 0) is 84.5 Å². The highest BCUT2D eigenvalue weighted by atomic mass is 32.2. The van der Waals surface area contributed by atoms with Crippen molar-refractivity contribution in [2.75, 3.05) is 27.3 Å². The number of ether oxygens (including phenoxy) is 3.